The van der Waals surface area contributed by atoms with Crippen molar-refractivity contribution in [1.29, 1.82) is 0 Å². The lowest BCUT2D eigenvalue weighted by molar-refractivity contribution is -0.239. The fourth-order valence-electron chi connectivity index (χ4n) is 4.38. The van der Waals surface area contributed by atoms with Crippen molar-refractivity contribution in [2.45, 2.75) is 110 Å². The molecule has 1 saturated heterocycles. The molecule has 1 aromatic heterocycles. The van der Waals surface area contributed by atoms with Gasteiger partial charge in [0.2, 0.25) is 5.91 Å². The molecule has 1 fully saturated rings. The van der Waals surface area contributed by atoms with E-state index < -0.39 is 60.4 Å². The van der Waals surface area contributed by atoms with Crippen LogP contribution in [0, 0.1) is 0 Å². The molecule has 0 radical (unpaired) electrons. The van der Waals surface area contributed by atoms with Crippen LogP contribution in [0.15, 0.2) is 6.20 Å². The number of aliphatic carboxylic acids is 1. The molecule has 1 aliphatic heterocycles. The van der Waals surface area contributed by atoms with E-state index in [9.17, 15) is 24.0 Å². The number of amides is 1. The van der Waals surface area contributed by atoms with E-state index in [1.165, 1.54) is 32.4 Å². The topological polar surface area (TPSA) is 185 Å². The quantitative estimate of drug-likeness (QED) is 0.181. The van der Waals surface area contributed by atoms with Crippen molar-refractivity contribution < 1.29 is 48.0 Å². The van der Waals surface area contributed by atoms with E-state index in [0.29, 0.717) is 18.5 Å². The minimum absolute atomic E-state index is 0.188. The first-order chi connectivity index (χ1) is 18.5. The minimum Gasteiger partial charge on any atom is -0.481 e. The van der Waals surface area contributed by atoms with Gasteiger partial charge < -0.3 is 29.4 Å². The summed E-state index contributed by atoms with van der Waals surface area (Å²) in [7, 11) is 0. The van der Waals surface area contributed by atoms with Gasteiger partial charge in [-0.25, -0.2) is 4.68 Å². The number of ether oxygens (including phenoxy) is 4. The molecule has 39 heavy (non-hydrogen) atoms. The van der Waals surface area contributed by atoms with Crippen LogP contribution in [0.2, 0.25) is 0 Å². The summed E-state index contributed by atoms with van der Waals surface area (Å²) < 4.78 is 23.5. The van der Waals surface area contributed by atoms with Crippen molar-refractivity contribution in [2.75, 3.05) is 6.61 Å². The molecule has 14 heteroatoms. The smallest absolute Gasteiger partial charge is 0.303 e. The highest BCUT2D eigenvalue weighted by atomic mass is 16.6. The number of carboxylic acid groups (broad SMARTS) is 1. The molecule has 0 aromatic carbocycles. The number of aromatic nitrogens is 3. The normalized spacial score (nSPS) is 22.5. The van der Waals surface area contributed by atoms with Crippen molar-refractivity contribution in [3.8, 4) is 0 Å². The molecule has 0 bridgehead atoms. The van der Waals surface area contributed by atoms with Crippen molar-refractivity contribution in [3.05, 3.63) is 11.9 Å². The van der Waals surface area contributed by atoms with E-state index in [1.807, 2.05) is 0 Å². The Morgan fingerprint density at radius 1 is 0.923 bits per heavy atom. The zero-order valence-corrected chi connectivity index (χ0v) is 22.8. The first-order valence-corrected chi connectivity index (χ1v) is 13.0. The van der Waals surface area contributed by atoms with Crippen molar-refractivity contribution in [1.82, 2.24) is 20.3 Å². The fourth-order valence-corrected chi connectivity index (χ4v) is 4.38. The summed E-state index contributed by atoms with van der Waals surface area (Å²) in [5.74, 6) is -3.18. The van der Waals surface area contributed by atoms with Gasteiger partial charge in [-0.3, -0.25) is 24.0 Å². The minimum atomic E-state index is -1.18. The van der Waals surface area contributed by atoms with Crippen molar-refractivity contribution >= 4 is 29.8 Å². The van der Waals surface area contributed by atoms with Gasteiger partial charge in [-0.2, -0.15) is 0 Å². The molecule has 14 nitrogen and oxygen atoms in total. The third kappa shape index (κ3) is 11.0. The highest BCUT2D eigenvalue weighted by Gasteiger charge is 2.51. The van der Waals surface area contributed by atoms with Crippen LogP contribution in [-0.2, 0) is 49.3 Å². The van der Waals surface area contributed by atoms with Gasteiger partial charge in [0.1, 0.15) is 18.8 Å². The lowest BCUT2D eigenvalue weighted by Crippen LogP contribution is -2.64. The summed E-state index contributed by atoms with van der Waals surface area (Å²) in [6, 6.07) is -1.01. The van der Waals surface area contributed by atoms with Crippen molar-refractivity contribution in [3.63, 3.8) is 0 Å². The number of rotatable bonds is 15. The number of carbonyl (C=O) groups is 5. The van der Waals surface area contributed by atoms with E-state index in [2.05, 4.69) is 15.6 Å². The highest BCUT2D eigenvalue weighted by molar-refractivity contribution is 5.73. The molecular formula is C25H38N4O10. The number of aryl methyl sites for hydroxylation is 1. The lowest BCUT2D eigenvalue weighted by Gasteiger charge is -2.45. The summed E-state index contributed by atoms with van der Waals surface area (Å²) in [5, 5.41) is 19.8. The largest absolute Gasteiger partial charge is 0.481 e. The second-order valence-electron chi connectivity index (χ2n) is 9.45. The van der Waals surface area contributed by atoms with Gasteiger partial charge in [0, 0.05) is 34.1 Å². The van der Waals surface area contributed by atoms with Crippen LogP contribution in [0.25, 0.3) is 0 Å². The average Bonchev–Trinajstić information content (AvgIpc) is 3.29. The maximum Gasteiger partial charge on any atom is 0.303 e. The molecule has 2 N–H and O–H groups in total. The molecule has 0 spiro atoms. The molecule has 0 unspecified atom stereocenters. The van der Waals surface area contributed by atoms with Crippen LogP contribution < -0.4 is 5.32 Å². The van der Waals surface area contributed by atoms with Crippen molar-refractivity contribution in [2.24, 2.45) is 0 Å². The molecule has 2 heterocycles. The molecule has 218 valence electrons. The maximum atomic E-state index is 12.1. The predicted molar refractivity (Wildman–Crippen MR) is 133 cm³/mol. The second-order valence-corrected chi connectivity index (χ2v) is 9.45. The Bertz CT molecular complexity index is 997. The number of unbranched alkanes of at least 4 members (excludes halogenated alkanes) is 5. The fraction of sp³-hybridized carbons (Fsp3) is 0.720. The zero-order chi connectivity index (χ0) is 28.9. The Kier molecular flexibility index (Phi) is 12.8. The average molecular weight is 555 g/mol. The summed E-state index contributed by atoms with van der Waals surface area (Å²) in [5.41, 5.74) is 0.675. The summed E-state index contributed by atoms with van der Waals surface area (Å²) in [6.45, 7) is 4.54. The number of hydrogen-bond acceptors (Lipinski definition) is 11. The second kappa shape index (κ2) is 15.8. The van der Waals surface area contributed by atoms with E-state index in [1.54, 1.807) is 6.20 Å². The molecule has 0 aliphatic carbocycles. The Labute approximate surface area is 226 Å². The molecule has 1 aromatic rings. The number of hydrogen-bond donors (Lipinski definition) is 2. The Hall–Kier alpha value is -3.55. The zero-order valence-electron chi connectivity index (χ0n) is 22.8. The highest BCUT2D eigenvalue weighted by Crippen LogP contribution is 2.32. The maximum absolute atomic E-state index is 12.1. The lowest BCUT2D eigenvalue weighted by atomic mass is 9.95. The molecular weight excluding hydrogens is 516 g/mol. The van der Waals surface area contributed by atoms with Crippen LogP contribution in [0.4, 0.5) is 0 Å². The van der Waals surface area contributed by atoms with E-state index in [4.69, 9.17) is 24.1 Å². The third-order valence-electron chi connectivity index (χ3n) is 5.98. The molecule has 0 saturated carbocycles. The molecule has 5 atom stereocenters. The van der Waals surface area contributed by atoms with Crippen LogP contribution in [0.1, 0.15) is 84.6 Å². The monoisotopic (exact) mass is 554 g/mol. The van der Waals surface area contributed by atoms with Gasteiger partial charge in [0.25, 0.3) is 0 Å². The standard InChI is InChI=1S/C25H38N4O10/c1-15(30)26-22-24(38-18(4)33)23(37-17(3)32)20(14-36-16(2)31)39-25(22)29-13-19(27-28-29)11-9-7-5-6-8-10-12-21(34)35/h13,20,22-25H,5-12,14H2,1-4H3,(H,26,30)(H,34,35)/t20-,22-,23-,24-,25-/m1/s1. The van der Waals surface area contributed by atoms with Gasteiger partial charge in [-0.1, -0.05) is 30.9 Å². The summed E-state index contributed by atoms with van der Waals surface area (Å²) in [6.07, 6.45) is 3.32. The van der Waals surface area contributed by atoms with Gasteiger partial charge in [0.05, 0.1) is 11.9 Å². The Morgan fingerprint density at radius 3 is 2.13 bits per heavy atom. The summed E-state index contributed by atoms with van der Waals surface area (Å²) >= 11 is 0. The number of esters is 3. The molecule has 2 rings (SSSR count). The van der Waals surface area contributed by atoms with E-state index >= 15 is 0 Å². The van der Waals surface area contributed by atoms with E-state index in [-0.39, 0.29) is 13.0 Å². The predicted octanol–water partition coefficient (Wildman–Crippen LogP) is 1.46. The Morgan fingerprint density at radius 2 is 1.54 bits per heavy atom. The van der Waals surface area contributed by atoms with Crippen LogP contribution in [-0.4, -0.2) is 80.8 Å². The molecule has 1 amide bonds. The van der Waals surface area contributed by atoms with E-state index in [0.717, 1.165) is 32.1 Å². The number of carboxylic acids is 1. The summed E-state index contributed by atoms with van der Waals surface area (Å²) in [4.78, 5) is 58.0. The van der Waals surface area contributed by atoms with Gasteiger partial charge in [-0.05, 0) is 19.3 Å². The SMILES string of the molecule is CC(=O)N[C@@H]1[C@@H](OC(C)=O)[C@H](OC(C)=O)[C@@H](COC(C)=O)O[C@H]1n1cc(CCCCCCCCC(=O)O)nn1. The number of nitrogens with one attached hydrogen (secondary N) is 1. The third-order valence-corrected chi connectivity index (χ3v) is 5.98. The molecule has 1 aliphatic rings. The first-order valence-electron chi connectivity index (χ1n) is 13.0. The van der Waals surface area contributed by atoms with Crippen LogP contribution in [0.3, 0.4) is 0 Å². The van der Waals surface area contributed by atoms with Gasteiger partial charge >= 0.3 is 23.9 Å². The first kappa shape index (κ1) is 31.7. The Balaban J connectivity index is 2.17. The number of nitrogens with zero attached hydrogens (tertiary/aromatic N) is 3. The van der Waals surface area contributed by atoms with Crippen LogP contribution >= 0.6 is 0 Å². The van der Waals surface area contributed by atoms with Gasteiger partial charge in [-0.15, -0.1) is 5.10 Å². The van der Waals surface area contributed by atoms with Gasteiger partial charge in [0.15, 0.2) is 18.4 Å². The number of carbonyl (C=O) groups excluding carboxylic acids is 4. The van der Waals surface area contributed by atoms with Crippen LogP contribution in [0.5, 0.6) is 0 Å².